The molecular weight excluding hydrogens is 627 g/mol. The summed E-state index contributed by atoms with van der Waals surface area (Å²) in [6, 6.07) is 48.5. The van der Waals surface area contributed by atoms with E-state index >= 15 is 0 Å². The minimum atomic E-state index is -0.0993. The normalized spacial score (nSPS) is 17.6. The van der Waals surface area contributed by atoms with Crippen molar-refractivity contribution in [3.63, 3.8) is 0 Å². The third kappa shape index (κ3) is 4.17. The Balaban J connectivity index is 1.22. The number of hydrogen-bond donors (Lipinski definition) is 0. The second-order valence-corrected chi connectivity index (χ2v) is 16.8. The Hall–Kier alpha value is -5.40. The van der Waals surface area contributed by atoms with Gasteiger partial charge in [-0.2, -0.15) is 0 Å². The van der Waals surface area contributed by atoms with Gasteiger partial charge in [0.25, 0.3) is 0 Å². The highest BCUT2D eigenvalue weighted by Gasteiger charge is 2.40. The van der Waals surface area contributed by atoms with E-state index in [4.69, 9.17) is 0 Å². The molecule has 0 bridgehead atoms. The van der Waals surface area contributed by atoms with Gasteiger partial charge in [0.2, 0.25) is 0 Å². The zero-order chi connectivity index (χ0) is 35.6. The first kappa shape index (κ1) is 31.3. The van der Waals surface area contributed by atoms with Crippen LogP contribution in [0.4, 0.5) is 17.1 Å². The Kier molecular flexibility index (Phi) is 6.52. The van der Waals surface area contributed by atoms with Gasteiger partial charge in [-0.25, -0.2) is 0 Å². The average Bonchev–Trinajstić information content (AvgIpc) is 3.65. The van der Waals surface area contributed by atoms with Gasteiger partial charge in [0.15, 0.2) is 0 Å². The maximum Gasteiger partial charge on any atom is 0.0540 e. The molecule has 1 nitrogen and oxygen atoms in total. The monoisotopic (exact) mass is 671 g/mol. The summed E-state index contributed by atoms with van der Waals surface area (Å²) < 4.78 is 0. The molecular formula is C51H45N. The molecule has 6 aromatic rings. The first-order chi connectivity index (χ1) is 25.1. The van der Waals surface area contributed by atoms with Crippen LogP contribution < -0.4 is 4.90 Å². The van der Waals surface area contributed by atoms with Crippen molar-refractivity contribution in [1.82, 2.24) is 0 Å². The van der Waals surface area contributed by atoms with Crippen LogP contribution in [0, 0.1) is 0 Å². The van der Waals surface area contributed by atoms with Crippen molar-refractivity contribution in [3.05, 3.63) is 178 Å². The lowest BCUT2D eigenvalue weighted by molar-refractivity contribution is 0.651. The number of rotatable bonds is 4. The molecule has 1 heteroatoms. The fraction of sp³-hybridized carbons (Fsp3) is 0.216. The summed E-state index contributed by atoms with van der Waals surface area (Å²) in [5, 5.41) is 0. The van der Waals surface area contributed by atoms with Gasteiger partial charge < -0.3 is 4.90 Å². The fourth-order valence-electron chi connectivity index (χ4n) is 10.3. The zero-order valence-corrected chi connectivity index (χ0v) is 31.1. The van der Waals surface area contributed by atoms with E-state index in [-0.39, 0.29) is 16.2 Å². The minimum Gasteiger partial charge on any atom is -0.310 e. The Morgan fingerprint density at radius 2 is 0.981 bits per heavy atom. The highest BCUT2D eigenvalue weighted by atomic mass is 15.1. The Morgan fingerprint density at radius 1 is 0.442 bits per heavy atom. The van der Waals surface area contributed by atoms with Crippen LogP contribution in [0.2, 0.25) is 0 Å². The highest BCUT2D eigenvalue weighted by molar-refractivity contribution is 5.99. The third-order valence-electron chi connectivity index (χ3n) is 13.0. The predicted octanol–water partition coefficient (Wildman–Crippen LogP) is 13.8. The van der Waals surface area contributed by atoms with Crippen molar-refractivity contribution in [2.75, 3.05) is 4.90 Å². The molecule has 6 aromatic carbocycles. The Labute approximate surface area is 309 Å². The van der Waals surface area contributed by atoms with Crippen molar-refractivity contribution in [3.8, 4) is 33.4 Å². The molecule has 0 unspecified atom stereocenters. The van der Waals surface area contributed by atoms with Gasteiger partial charge in [-0.15, -0.1) is 0 Å². The van der Waals surface area contributed by atoms with Crippen LogP contribution in [-0.4, -0.2) is 0 Å². The van der Waals surface area contributed by atoms with Gasteiger partial charge in [0.1, 0.15) is 0 Å². The minimum absolute atomic E-state index is 0.0557. The summed E-state index contributed by atoms with van der Waals surface area (Å²) in [6.07, 6.45) is 6.98. The molecule has 0 aromatic heterocycles. The molecule has 0 N–H and O–H groups in total. The van der Waals surface area contributed by atoms with E-state index in [1.54, 1.807) is 0 Å². The molecule has 0 atom stereocenters. The van der Waals surface area contributed by atoms with E-state index in [1.807, 2.05) is 0 Å². The number of benzene rings is 6. The molecule has 52 heavy (non-hydrogen) atoms. The number of anilines is 3. The maximum atomic E-state index is 2.55. The van der Waals surface area contributed by atoms with Crippen LogP contribution in [-0.2, 0) is 16.2 Å². The van der Waals surface area contributed by atoms with Crippen molar-refractivity contribution in [2.45, 2.75) is 70.6 Å². The largest absolute Gasteiger partial charge is 0.310 e. The molecule has 0 amide bonds. The lowest BCUT2D eigenvalue weighted by Crippen LogP contribution is -2.19. The molecule has 0 spiro atoms. The number of hydrogen-bond acceptors (Lipinski definition) is 1. The van der Waals surface area contributed by atoms with Gasteiger partial charge in [-0.05, 0) is 116 Å². The van der Waals surface area contributed by atoms with Crippen LogP contribution >= 0.6 is 0 Å². The van der Waals surface area contributed by atoms with Crippen LogP contribution in [0.25, 0.3) is 39.0 Å². The predicted molar refractivity (Wildman–Crippen MR) is 220 cm³/mol. The van der Waals surface area contributed by atoms with E-state index in [0.717, 1.165) is 12.8 Å². The maximum absolute atomic E-state index is 2.55. The van der Waals surface area contributed by atoms with Crippen LogP contribution in [0.5, 0.6) is 0 Å². The van der Waals surface area contributed by atoms with E-state index in [2.05, 4.69) is 186 Å². The number of para-hydroxylation sites is 1. The van der Waals surface area contributed by atoms with Gasteiger partial charge in [0.05, 0.1) is 5.69 Å². The summed E-state index contributed by atoms with van der Waals surface area (Å²) in [7, 11) is 0. The van der Waals surface area contributed by atoms with Crippen molar-refractivity contribution >= 4 is 22.6 Å². The lowest BCUT2D eigenvalue weighted by atomic mass is 9.80. The van der Waals surface area contributed by atoms with Crippen molar-refractivity contribution < 1.29 is 0 Å². The van der Waals surface area contributed by atoms with Crippen molar-refractivity contribution in [1.29, 1.82) is 0 Å². The van der Waals surface area contributed by atoms with Crippen LogP contribution in [0.1, 0.15) is 87.8 Å². The smallest absolute Gasteiger partial charge is 0.0540 e. The van der Waals surface area contributed by atoms with Crippen LogP contribution in [0.15, 0.2) is 145 Å². The van der Waals surface area contributed by atoms with Gasteiger partial charge >= 0.3 is 0 Å². The fourth-order valence-corrected chi connectivity index (χ4v) is 10.3. The second kappa shape index (κ2) is 10.8. The van der Waals surface area contributed by atoms with E-state index in [9.17, 15) is 0 Å². The SMILES string of the molecule is CC1(C)C2=C(CCC=C2)c2ccc(N(c3ccc4c(c3)C(C)(C)c3ccccc3-4)c3ccccc3-c3cccc4c3-c3ccccc3C4(C)C)cc21. The van der Waals surface area contributed by atoms with Crippen molar-refractivity contribution in [2.24, 2.45) is 0 Å². The lowest BCUT2D eigenvalue weighted by Gasteiger charge is -2.31. The summed E-state index contributed by atoms with van der Waals surface area (Å²) in [4.78, 5) is 2.55. The molecule has 0 saturated heterocycles. The first-order valence-electron chi connectivity index (χ1n) is 19.0. The Bertz CT molecular complexity index is 2550. The zero-order valence-electron chi connectivity index (χ0n) is 31.1. The summed E-state index contributed by atoms with van der Waals surface area (Å²) in [5.41, 5.74) is 22.7. The molecule has 10 rings (SSSR count). The topological polar surface area (TPSA) is 3.24 Å². The highest BCUT2D eigenvalue weighted by Crippen LogP contribution is 2.56. The summed E-state index contributed by atoms with van der Waals surface area (Å²) in [6.45, 7) is 14.3. The standard InChI is InChI=1S/C51H45N/c1-49(2)43-23-13-9-19-40(43)48-39(20-15-24-44(48)49)38-18-10-14-25-47(38)52(32-26-28-36-34-16-7-11-21-41(34)50(3,4)45(36)30-32)33-27-29-37-35-17-8-12-22-42(35)51(5,6)46(37)31-33/h7,9-16,18-31H,8,17H2,1-6H3. The van der Waals surface area contributed by atoms with E-state index < -0.39 is 0 Å². The molecule has 4 aliphatic rings. The Morgan fingerprint density at radius 3 is 1.73 bits per heavy atom. The van der Waals surface area contributed by atoms with Gasteiger partial charge in [-0.1, -0.05) is 151 Å². The quantitative estimate of drug-likeness (QED) is 0.180. The van der Waals surface area contributed by atoms with Gasteiger partial charge in [0, 0.05) is 33.2 Å². The first-order valence-corrected chi connectivity index (χ1v) is 19.0. The molecule has 4 aliphatic carbocycles. The summed E-state index contributed by atoms with van der Waals surface area (Å²) >= 11 is 0. The van der Waals surface area contributed by atoms with E-state index in [1.165, 1.54) is 95.0 Å². The molecule has 0 fully saturated rings. The van der Waals surface area contributed by atoms with Gasteiger partial charge in [-0.3, -0.25) is 0 Å². The molecule has 0 radical (unpaired) electrons. The summed E-state index contributed by atoms with van der Waals surface area (Å²) in [5.74, 6) is 0. The number of fused-ring (bicyclic) bond motifs is 8. The molecule has 254 valence electrons. The molecule has 0 saturated carbocycles. The average molecular weight is 672 g/mol. The third-order valence-corrected chi connectivity index (χ3v) is 13.0. The molecule has 0 heterocycles. The van der Waals surface area contributed by atoms with E-state index in [0.29, 0.717) is 0 Å². The van der Waals surface area contributed by atoms with Crippen LogP contribution in [0.3, 0.4) is 0 Å². The number of allylic oxidation sites excluding steroid dienone is 4. The number of nitrogens with zero attached hydrogens (tertiary/aromatic N) is 1. The second-order valence-electron chi connectivity index (χ2n) is 16.8. The molecule has 0 aliphatic heterocycles.